The quantitative estimate of drug-likeness (QED) is 0.534. The Morgan fingerprint density at radius 1 is 0.862 bits per heavy atom. The Morgan fingerprint density at radius 3 is 2.31 bits per heavy atom. The van der Waals surface area contributed by atoms with E-state index in [0.717, 1.165) is 16.8 Å². The molecule has 144 valence electrons. The standard InChI is InChI=1S/C24H21N3O2/c1-15-9-8-13-19(16(15)2)26-23(28)21-18-12-6-7-14-20(18)27(22(21)25)24(29)17-10-4-3-5-11-17/h3-14H,25H2,1-2H3,(H,26,28). The Morgan fingerprint density at radius 2 is 1.55 bits per heavy atom. The van der Waals surface area contributed by atoms with Crippen molar-refractivity contribution < 1.29 is 9.59 Å². The number of fused-ring (bicyclic) bond motifs is 1. The van der Waals surface area contributed by atoms with E-state index in [9.17, 15) is 9.59 Å². The van der Waals surface area contributed by atoms with Gasteiger partial charge in [-0.05, 0) is 49.2 Å². The van der Waals surface area contributed by atoms with Crippen molar-refractivity contribution in [3.8, 4) is 0 Å². The van der Waals surface area contributed by atoms with Gasteiger partial charge in [0.2, 0.25) is 0 Å². The van der Waals surface area contributed by atoms with Crippen molar-refractivity contribution in [1.82, 2.24) is 4.57 Å². The predicted octanol–water partition coefficient (Wildman–Crippen LogP) is 4.78. The molecule has 0 spiro atoms. The van der Waals surface area contributed by atoms with Gasteiger partial charge in [-0.1, -0.05) is 48.5 Å². The first-order valence-corrected chi connectivity index (χ1v) is 9.35. The van der Waals surface area contributed by atoms with Gasteiger partial charge in [-0.3, -0.25) is 14.2 Å². The lowest BCUT2D eigenvalue weighted by atomic mass is 10.1. The molecule has 0 saturated heterocycles. The van der Waals surface area contributed by atoms with Gasteiger partial charge in [-0.15, -0.1) is 0 Å². The first-order chi connectivity index (χ1) is 14.0. The molecule has 3 aromatic carbocycles. The van der Waals surface area contributed by atoms with E-state index >= 15 is 0 Å². The van der Waals surface area contributed by atoms with Gasteiger partial charge in [0, 0.05) is 16.6 Å². The average Bonchev–Trinajstić information content (AvgIpc) is 3.03. The van der Waals surface area contributed by atoms with Gasteiger partial charge >= 0.3 is 0 Å². The molecule has 4 rings (SSSR count). The summed E-state index contributed by atoms with van der Waals surface area (Å²) >= 11 is 0. The molecule has 4 aromatic rings. The number of amides is 1. The van der Waals surface area contributed by atoms with Gasteiger partial charge in [0.25, 0.3) is 11.8 Å². The molecule has 3 N–H and O–H groups in total. The van der Waals surface area contributed by atoms with Crippen LogP contribution in [0, 0.1) is 13.8 Å². The first-order valence-electron chi connectivity index (χ1n) is 9.35. The lowest BCUT2D eigenvalue weighted by Crippen LogP contribution is -2.18. The molecule has 0 unspecified atom stereocenters. The Kier molecular flexibility index (Phi) is 4.64. The van der Waals surface area contributed by atoms with Crippen LogP contribution in [0.25, 0.3) is 10.9 Å². The van der Waals surface area contributed by atoms with E-state index in [-0.39, 0.29) is 17.6 Å². The topological polar surface area (TPSA) is 77.1 Å². The second-order valence-electron chi connectivity index (χ2n) is 6.99. The summed E-state index contributed by atoms with van der Waals surface area (Å²) in [6.07, 6.45) is 0. The molecule has 0 aliphatic rings. The van der Waals surface area contributed by atoms with Crippen LogP contribution < -0.4 is 11.1 Å². The van der Waals surface area contributed by atoms with E-state index in [1.165, 1.54) is 4.57 Å². The van der Waals surface area contributed by atoms with Crippen LogP contribution in [0.15, 0.2) is 72.8 Å². The molecule has 0 atom stereocenters. The highest BCUT2D eigenvalue weighted by molar-refractivity contribution is 6.20. The van der Waals surface area contributed by atoms with E-state index in [1.807, 2.05) is 50.2 Å². The molecule has 0 aliphatic carbocycles. The van der Waals surface area contributed by atoms with Crippen molar-refractivity contribution in [2.45, 2.75) is 13.8 Å². The van der Waals surface area contributed by atoms with E-state index in [4.69, 9.17) is 5.73 Å². The second-order valence-corrected chi connectivity index (χ2v) is 6.99. The third-order valence-corrected chi connectivity index (χ3v) is 5.22. The first kappa shape index (κ1) is 18.5. The maximum Gasteiger partial charge on any atom is 0.263 e. The van der Waals surface area contributed by atoms with Crippen LogP contribution in [0.2, 0.25) is 0 Å². The Labute approximate surface area is 168 Å². The minimum atomic E-state index is -0.341. The van der Waals surface area contributed by atoms with Crippen molar-refractivity contribution in [3.63, 3.8) is 0 Å². The normalized spacial score (nSPS) is 10.8. The second kappa shape index (κ2) is 7.28. The number of aromatic nitrogens is 1. The minimum Gasteiger partial charge on any atom is -0.384 e. The molecule has 1 aromatic heterocycles. The molecular weight excluding hydrogens is 362 g/mol. The summed E-state index contributed by atoms with van der Waals surface area (Å²) < 4.78 is 1.41. The summed E-state index contributed by atoms with van der Waals surface area (Å²) in [5, 5.41) is 3.58. The van der Waals surface area contributed by atoms with Crippen molar-refractivity contribution in [2.75, 3.05) is 11.1 Å². The highest BCUT2D eigenvalue weighted by atomic mass is 16.2. The van der Waals surface area contributed by atoms with E-state index in [2.05, 4.69) is 5.32 Å². The number of carbonyl (C=O) groups excluding carboxylic acids is 2. The van der Waals surface area contributed by atoms with E-state index in [0.29, 0.717) is 22.0 Å². The van der Waals surface area contributed by atoms with Crippen molar-refractivity contribution in [3.05, 3.63) is 95.1 Å². The zero-order chi connectivity index (χ0) is 20.5. The summed E-state index contributed by atoms with van der Waals surface area (Å²) in [5.74, 6) is -0.486. The molecule has 0 radical (unpaired) electrons. The van der Waals surface area contributed by atoms with Crippen LogP contribution in [0.1, 0.15) is 31.8 Å². The van der Waals surface area contributed by atoms with Crippen LogP contribution >= 0.6 is 0 Å². The number of aryl methyl sites for hydroxylation is 1. The largest absolute Gasteiger partial charge is 0.384 e. The number of rotatable bonds is 3. The third-order valence-electron chi connectivity index (χ3n) is 5.22. The molecule has 5 heteroatoms. The minimum absolute atomic E-state index is 0.128. The summed E-state index contributed by atoms with van der Waals surface area (Å²) in [6, 6.07) is 21.9. The maximum atomic E-state index is 13.2. The molecule has 1 amide bonds. The molecule has 0 saturated carbocycles. The number of hydrogen-bond donors (Lipinski definition) is 2. The lowest BCUT2D eigenvalue weighted by molar-refractivity contribution is 0.0967. The number of nitrogens with zero attached hydrogens (tertiary/aromatic N) is 1. The van der Waals surface area contributed by atoms with Crippen LogP contribution in [0.5, 0.6) is 0 Å². The Hall–Kier alpha value is -3.86. The fraction of sp³-hybridized carbons (Fsp3) is 0.0833. The molecule has 0 aliphatic heterocycles. The highest BCUT2D eigenvalue weighted by Crippen LogP contribution is 2.30. The fourth-order valence-electron chi connectivity index (χ4n) is 3.50. The van der Waals surface area contributed by atoms with Crippen molar-refractivity contribution >= 4 is 34.2 Å². The number of anilines is 2. The zero-order valence-electron chi connectivity index (χ0n) is 16.3. The van der Waals surface area contributed by atoms with Gasteiger partial charge in [-0.25, -0.2) is 0 Å². The molecule has 5 nitrogen and oxygen atoms in total. The molecular formula is C24H21N3O2. The van der Waals surface area contributed by atoms with Crippen LogP contribution in [-0.4, -0.2) is 16.4 Å². The summed E-state index contributed by atoms with van der Waals surface area (Å²) in [6.45, 7) is 3.94. The van der Waals surface area contributed by atoms with Gasteiger partial charge < -0.3 is 11.1 Å². The van der Waals surface area contributed by atoms with Gasteiger partial charge in [-0.2, -0.15) is 0 Å². The highest BCUT2D eigenvalue weighted by Gasteiger charge is 2.24. The average molecular weight is 383 g/mol. The van der Waals surface area contributed by atoms with E-state index in [1.54, 1.807) is 36.4 Å². The Bertz CT molecular complexity index is 1240. The van der Waals surface area contributed by atoms with Crippen molar-refractivity contribution in [2.24, 2.45) is 0 Å². The van der Waals surface area contributed by atoms with Gasteiger partial charge in [0.1, 0.15) is 5.82 Å². The summed E-state index contributed by atoms with van der Waals surface area (Å²) in [5.41, 5.74) is 10.6. The number of benzene rings is 3. The number of para-hydroxylation sites is 1. The number of nitrogens with one attached hydrogen (secondary N) is 1. The van der Waals surface area contributed by atoms with Crippen LogP contribution in [0.4, 0.5) is 11.5 Å². The number of carbonyl (C=O) groups is 2. The Balaban J connectivity index is 1.83. The van der Waals surface area contributed by atoms with E-state index < -0.39 is 0 Å². The molecule has 1 heterocycles. The zero-order valence-corrected chi connectivity index (χ0v) is 16.3. The van der Waals surface area contributed by atoms with Crippen LogP contribution in [0.3, 0.4) is 0 Å². The lowest BCUT2D eigenvalue weighted by Gasteiger charge is -2.11. The fourth-order valence-corrected chi connectivity index (χ4v) is 3.50. The molecule has 0 bridgehead atoms. The van der Waals surface area contributed by atoms with Crippen LogP contribution in [-0.2, 0) is 0 Å². The number of nitrogen functional groups attached to an aromatic ring is 1. The van der Waals surface area contributed by atoms with Gasteiger partial charge in [0.05, 0.1) is 11.1 Å². The number of nitrogens with two attached hydrogens (primary N) is 1. The summed E-state index contributed by atoms with van der Waals surface area (Å²) in [4.78, 5) is 26.3. The monoisotopic (exact) mass is 383 g/mol. The SMILES string of the molecule is Cc1cccc(NC(=O)c2c(N)n(C(=O)c3ccccc3)c3ccccc23)c1C. The number of hydrogen-bond acceptors (Lipinski definition) is 3. The molecule has 0 fully saturated rings. The smallest absolute Gasteiger partial charge is 0.263 e. The third kappa shape index (κ3) is 3.17. The maximum absolute atomic E-state index is 13.2. The summed E-state index contributed by atoms with van der Waals surface area (Å²) in [7, 11) is 0. The van der Waals surface area contributed by atoms with Gasteiger partial charge in [0.15, 0.2) is 0 Å². The van der Waals surface area contributed by atoms with Crippen molar-refractivity contribution in [1.29, 1.82) is 0 Å². The molecule has 29 heavy (non-hydrogen) atoms. The predicted molar refractivity (Wildman–Crippen MR) is 116 cm³/mol.